The molecule has 3 nitrogen and oxygen atoms in total. The number of hydrogen-bond acceptors (Lipinski definition) is 3. The van der Waals surface area contributed by atoms with Crippen LogP contribution in [0.1, 0.15) is 25.7 Å². The highest BCUT2D eigenvalue weighted by Gasteiger charge is 2.33. The van der Waals surface area contributed by atoms with E-state index in [0.29, 0.717) is 11.5 Å². The van der Waals surface area contributed by atoms with Crippen LogP contribution in [0.4, 0.5) is 0 Å². The molecule has 0 bridgehead atoms. The van der Waals surface area contributed by atoms with Crippen LogP contribution in [0, 0.1) is 5.41 Å². The largest absolute Gasteiger partial charge is 0.381 e. The van der Waals surface area contributed by atoms with E-state index in [2.05, 4.69) is 15.9 Å². The maximum absolute atomic E-state index is 6.05. The van der Waals surface area contributed by atoms with Crippen LogP contribution < -0.4 is 0 Å². The van der Waals surface area contributed by atoms with Crippen LogP contribution in [0.2, 0.25) is 0 Å². The van der Waals surface area contributed by atoms with Crippen molar-refractivity contribution in [3.05, 3.63) is 0 Å². The van der Waals surface area contributed by atoms with Crippen molar-refractivity contribution in [3.63, 3.8) is 0 Å². The molecule has 0 radical (unpaired) electrons. The Bertz CT molecular complexity index is 198. The average Bonchev–Trinajstić information content (AvgIpc) is 2.39. The molecule has 0 atom stereocenters. The monoisotopic (exact) mass is 292 g/mol. The lowest BCUT2D eigenvalue weighted by Crippen LogP contribution is -2.38. The van der Waals surface area contributed by atoms with Crippen molar-refractivity contribution < 1.29 is 14.2 Å². The molecule has 4 heteroatoms. The van der Waals surface area contributed by atoms with Crippen molar-refractivity contribution in [3.8, 4) is 0 Å². The van der Waals surface area contributed by atoms with Gasteiger partial charge in [0.05, 0.1) is 12.7 Å². The van der Waals surface area contributed by atoms with E-state index in [4.69, 9.17) is 14.2 Å². The van der Waals surface area contributed by atoms with E-state index >= 15 is 0 Å². The maximum atomic E-state index is 6.05. The molecule has 0 spiro atoms. The minimum atomic E-state index is 0.302. The average molecular weight is 293 g/mol. The SMILES string of the molecule is BrCC1(COC2CCOCC2)CCOCC1. The lowest BCUT2D eigenvalue weighted by atomic mass is 9.83. The highest BCUT2D eigenvalue weighted by atomic mass is 79.9. The first-order chi connectivity index (χ1) is 7.85. The van der Waals surface area contributed by atoms with Crippen LogP contribution in [0.15, 0.2) is 0 Å². The Morgan fingerprint density at radius 3 is 2.31 bits per heavy atom. The molecule has 2 aliphatic rings. The molecular weight excluding hydrogens is 272 g/mol. The summed E-state index contributed by atoms with van der Waals surface area (Å²) >= 11 is 3.63. The number of rotatable bonds is 4. The smallest absolute Gasteiger partial charge is 0.0619 e. The molecule has 0 aliphatic carbocycles. The van der Waals surface area contributed by atoms with E-state index in [1.54, 1.807) is 0 Å². The second kappa shape index (κ2) is 6.34. The van der Waals surface area contributed by atoms with Crippen molar-refractivity contribution in [2.24, 2.45) is 5.41 Å². The van der Waals surface area contributed by atoms with Gasteiger partial charge in [-0.2, -0.15) is 0 Å². The molecule has 2 saturated heterocycles. The summed E-state index contributed by atoms with van der Waals surface area (Å²) in [4.78, 5) is 0. The molecule has 0 aromatic rings. The van der Waals surface area contributed by atoms with Gasteiger partial charge in [0.2, 0.25) is 0 Å². The van der Waals surface area contributed by atoms with Gasteiger partial charge < -0.3 is 14.2 Å². The van der Waals surface area contributed by atoms with E-state index in [0.717, 1.165) is 64.0 Å². The fourth-order valence-electron chi connectivity index (χ4n) is 2.26. The Morgan fingerprint density at radius 2 is 1.69 bits per heavy atom. The van der Waals surface area contributed by atoms with Crippen molar-refractivity contribution in [1.82, 2.24) is 0 Å². The molecule has 2 heterocycles. The minimum Gasteiger partial charge on any atom is -0.381 e. The summed E-state index contributed by atoms with van der Waals surface area (Å²) in [5.74, 6) is 0. The van der Waals surface area contributed by atoms with Gasteiger partial charge in [-0.25, -0.2) is 0 Å². The molecule has 0 unspecified atom stereocenters. The summed E-state index contributed by atoms with van der Waals surface area (Å²) in [6.07, 6.45) is 4.74. The van der Waals surface area contributed by atoms with Gasteiger partial charge in [0, 0.05) is 37.2 Å². The zero-order valence-electron chi connectivity index (χ0n) is 9.75. The van der Waals surface area contributed by atoms with Crippen molar-refractivity contribution >= 4 is 15.9 Å². The van der Waals surface area contributed by atoms with Crippen LogP contribution in [-0.4, -0.2) is 44.5 Å². The molecule has 0 aromatic heterocycles. The molecule has 94 valence electrons. The van der Waals surface area contributed by atoms with Gasteiger partial charge in [0.1, 0.15) is 0 Å². The van der Waals surface area contributed by atoms with Crippen LogP contribution in [0.3, 0.4) is 0 Å². The van der Waals surface area contributed by atoms with E-state index in [1.165, 1.54) is 0 Å². The third-order valence-electron chi connectivity index (χ3n) is 3.63. The minimum absolute atomic E-state index is 0.302. The van der Waals surface area contributed by atoms with E-state index < -0.39 is 0 Å². The zero-order chi connectivity index (χ0) is 11.3. The molecule has 2 rings (SSSR count). The molecule has 2 fully saturated rings. The Hall–Kier alpha value is 0.360. The summed E-state index contributed by atoms with van der Waals surface area (Å²) in [5, 5.41) is 1.02. The molecule has 0 aromatic carbocycles. The Labute approximate surface area is 106 Å². The highest BCUT2D eigenvalue weighted by molar-refractivity contribution is 9.09. The van der Waals surface area contributed by atoms with Crippen LogP contribution in [0.5, 0.6) is 0 Å². The van der Waals surface area contributed by atoms with Gasteiger partial charge >= 0.3 is 0 Å². The number of hydrogen-bond donors (Lipinski definition) is 0. The van der Waals surface area contributed by atoms with Gasteiger partial charge in [-0.1, -0.05) is 15.9 Å². The molecule has 0 N–H and O–H groups in total. The fraction of sp³-hybridized carbons (Fsp3) is 1.00. The van der Waals surface area contributed by atoms with Crippen molar-refractivity contribution in [2.45, 2.75) is 31.8 Å². The highest BCUT2D eigenvalue weighted by Crippen LogP contribution is 2.33. The summed E-state index contributed by atoms with van der Waals surface area (Å²) in [7, 11) is 0. The number of alkyl halides is 1. The Kier molecular flexibility index (Phi) is 5.07. The van der Waals surface area contributed by atoms with Gasteiger partial charge in [-0.05, 0) is 25.7 Å². The van der Waals surface area contributed by atoms with Crippen LogP contribution >= 0.6 is 15.9 Å². The molecule has 0 saturated carbocycles. The molecule has 0 amide bonds. The Morgan fingerprint density at radius 1 is 1.06 bits per heavy atom. The standard InChI is InChI=1S/C12H21BrO3/c13-9-12(3-7-15-8-4-12)10-16-11-1-5-14-6-2-11/h11H,1-10H2. The predicted molar refractivity (Wildman–Crippen MR) is 66.1 cm³/mol. The van der Waals surface area contributed by atoms with Gasteiger partial charge in [-0.15, -0.1) is 0 Å². The lowest BCUT2D eigenvalue weighted by Gasteiger charge is -2.37. The van der Waals surface area contributed by atoms with Gasteiger partial charge in [0.15, 0.2) is 0 Å². The first-order valence-corrected chi connectivity index (χ1v) is 7.30. The van der Waals surface area contributed by atoms with Crippen molar-refractivity contribution in [2.75, 3.05) is 38.4 Å². The first kappa shape index (κ1) is 12.8. The van der Waals surface area contributed by atoms with Crippen LogP contribution in [0.25, 0.3) is 0 Å². The third-order valence-corrected chi connectivity index (χ3v) is 4.82. The number of ether oxygens (including phenoxy) is 3. The maximum Gasteiger partial charge on any atom is 0.0619 e. The van der Waals surface area contributed by atoms with Crippen LogP contribution in [-0.2, 0) is 14.2 Å². The first-order valence-electron chi connectivity index (χ1n) is 6.18. The Balaban J connectivity index is 1.77. The fourth-order valence-corrected chi connectivity index (χ4v) is 2.98. The van der Waals surface area contributed by atoms with E-state index in [-0.39, 0.29) is 0 Å². The predicted octanol–water partition coefficient (Wildman–Crippen LogP) is 2.37. The van der Waals surface area contributed by atoms with E-state index in [1.807, 2.05) is 0 Å². The zero-order valence-corrected chi connectivity index (χ0v) is 11.3. The van der Waals surface area contributed by atoms with Gasteiger partial charge in [-0.3, -0.25) is 0 Å². The quantitative estimate of drug-likeness (QED) is 0.745. The lowest BCUT2D eigenvalue weighted by molar-refractivity contribution is -0.0813. The van der Waals surface area contributed by atoms with Gasteiger partial charge in [0.25, 0.3) is 0 Å². The second-order valence-corrected chi connectivity index (χ2v) is 5.43. The normalized spacial score (nSPS) is 26.8. The molecule has 2 aliphatic heterocycles. The summed E-state index contributed by atoms with van der Waals surface area (Å²) in [5.41, 5.74) is 0.302. The number of halogens is 1. The third kappa shape index (κ3) is 3.42. The van der Waals surface area contributed by atoms with Crippen molar-refractivity contribution in [1.29, 1.82) is 0 Å². The summed E-state index contributed by atoms with van der Waals surface area (Å²) < 4.78 is 16.8. The second-order valence-electron chi connectivity index (χ2n) is 4.87. The molecular formula is C12H21BrO3. The molecule has 16 heavy (non-hydrogen) atoms. The summed E-state index contributed by atoms with van der Waals surface area (Å²) in [6, 6.07) is 0. The van der Waals surface area contributed by atoms with E-state index in [9.17, 15) is 0 Å². The summed E-state index contributed by atoms with van der Waals surface area (Å²) in [6.45, 7) is 4.34. The topological polar surface area (TPSA) is 27.7 Å².